The lowest BCUT2D eigenvalue weighted by Gasteiger charge is -2.22. The molecule has 3 heterocycles. The fourth-order valence-corrected chi connectivity index (χ4v) is 3.78. The molecule has 0 amide bonds. The van der Waals surface area contributed by atoms with E-state index in [1.807, 2.05) is 37.4 Å². The predicted octanol–water partition coefficient (Wildman–Crippen LogP) is 2.85. The van der Waals surface area contributed by atoms with Gasteiger partial charge in [-0.3, -0.25) is 19.0 Å². The summed E-state index contributed by atoms with van der Waals surface area (Å²) in [5, 5.41) is 0. The molecule has 6 heteroatoms. The van der Waals surface area contributed by atoms with Crippen molar-refractivity contribution < 1.29 is 4.39 Å². The lowest BCUT2D eigenvalue weighted by Crippen LogP contribution is -2.31. The van der Waals surface area contributed by atoms with Crippen LogP contribution < -0.4 is 5.56 Å². The third-order valence-electron chi connectivity index (χ3n) is 5.28. The zero-order valence-electron chi connectivity index (χ0n) is 16.1. The quantitative estimate of drug-likeness (QED) is 0.698. The third-order valence-corrected chi connectivity index (χ3v) is 5.28. The fraction of sp³-hybridized carbons (Fsp3) is 0.364. The van der Waals surface area contributed by atoms with E-state index in [9.17, 15) is 9.18 Å². The summed E-state index contributed by atoms with van der Waals surface area (Å²) in [5.41, 5.74) is 3.22. The van der Waals surface area contributed by atoms with Crippen molar-refractivity contribution in [2.45, 2.75) is 26.4 Å². The highest BCUT2D eigenvalue weighted by molar-refractivity contribution is 5.39. The molecule has 0 atom stereocenters. The van der Waals surface area contributed by atoms with Crippen molar-refractivity contribution in [1.29, 1.82) is 0 Å². The number of hydrogen-bond acceptors (Lipinski definition) is 4. The van der Waals surface area contributed by atoms with Gasteiger partial charge in [-0.05, 0) is 44.1 Å². The number of nitrogens with zero attached hydrogens (tertiary/aromatic N) is 4. The monoisotopic (exact) mass is 380 g/mol. The third kappa shape index (κ3) is 4.29. The molecular formula is C22H25FN4O. The van der Waals surface area contributed by atoms with Crippen LogP contribution >= 0.6 is 0 Å². The number of hydrogen-bond donors (Lipinski definition) is 0. The summed E-state index contributed by atoms with van der Waals surface area (Å²) in [5.74, 6) is -0.139. The number of fused-ring (bicyclic) bond motifs is 1. The second-order valence-electron chi connectivity index (χ2n) is 7.52. The zero-order chi connectivity index (χ0) is 19.5. The Hall–Kier alpha value is -2.57. The Balaban J connectivity index is 1.42. The van der Waals surface area contributed by atoms with Crippen LogP contribution in [0.3, 0.4) is 0 Å². The van der Waals surface area contributed by atoms with Crippen LogP contribution in [0.15, 0.2) is 53.5 Å². The maximum atomic E-state index is 13.9. The summed E-state index contributed by atoms with van der Waals surface area (Å²) >= 11 is 0. The van der Waals surface area contributed by atoms with Gasteiger partial charge in [0, 0.05) is 44.0 Å². The first kappa shape index (κ1) is 18.8. The van der Waals surface area contributed by atoms with E-state index in [1.54, 1.807) is 16.5 Å². The highest BCUT2D eigenvalue weighted by atomic mass is 19.1. The van der Waals surface area contributed by atoms with E-state index in [1.165, 1.54) is 6.07 Å². The van der Waals surface area contributed by atoms with Gasteiger partial charge in [-0.2, -0.15) is 0 Å². The van der Waals surface area contributed by atoms with Crippen molar-refractivity contribution in [3.8, 4) is 0 Å². The highest BCUT2D eigenvalue weighted by Gasteiger charge is 2.17. The molecule has 146 valence electrons. The van der Waals surface area contributed by atoms with Gasteiger partial charge in [0.15, 0.2) is 0 Å². The van der Waals surface area contributed by atoms with E-state index < -0.39 is 0 Å². The molecule has 4 rings (SSSR count). The molecule has 28 heavy (non-hydrogen) atoms. The molecular weight excluding hydrogens is 355 g/mol. The molecule has 0 bridgehead atoms. The number of rotatable bonds is 4. The Morgan fingerprint density at radius 1 is 1.00 bits per heavy atom. The van der Waals surface area contributed by atoms with Gasteiger partial charge < -0.3 is 0 Å². The molecule has 1 aromatic carbocycles. The molecule has 0 N–H and O–H groups in total. The average molecular weight is 380 g/mol. The molecule has 1 fully saturated rings. The Bertz CT molecular complexity index is 1030. The maximum Gasteiger partial charge on any atom is 0.258 e. The van der Waals surface area contributed by atoms with E-state index in [2.05, 4.69) is 14.8 Å². The van der Waals surface area contributed by atoms with Crippen LogP contribution in [0, 0.1) is 12.7 Å². The predicted molar refractivity (Wildman–Crippen MR) is 108 cm³/mol. The molecule has 1 aliphatic heterocycles. The summed E-state index contributed by atoms with van der Waals surface area (Å²) in [4.78, 5) is 21.7. The number of aromatic nitrogens is 2. The minimum absolute atomic E-state index is 0.0419. The number of benzene rings is 1. The van der Waals surface area contributed by atoms with Crippen LogP contribution in [-0.2, 0) is 13.1 Å². The van der Waals surface area contributed by atoms with Gasteiger partial charge in [0.25, 0.3) is 5.56 Å². The molecule has 3 aromatic rings. The van der Waals surface area contributed by atoms with E-state index in [0.717, 1.165) is 49.4 Å². The van der Waals surface area contributed by atoms with Crippen LogP contribution in [0.4, 0.5) is 4.39 Å². The minimum Gasteiger partial charge on any atom is -0.298 e. The fourth-order valence-electron chi connectivity index (χ4n) is 3.78. The second-order valence-corrected chi connectivity index (χ2v) is 7.52. The topological polar surface area (TPSA) is 40.9 Å². The van der Waals surface area contributed by atoms with Gasteiger partial charge in [0.2, 0.25) is 0 Å². The summed E-state index contributed by atoms with van der Waals surface area (Å²) < 4.78 is 15.5. The number of halogens is 1. The summed E-state index contributed by atoms with van der Waals surface area (Å²) in [6.45, 7) is 6.90. The Morgan fingerprint density at radius 2 is 1.75 bits per heavy atom. The normalized spacial score (nSPS) is 16.4. The van der Waals surface area contributed by atoms with Gasteiger partial charge in [-0.25, -0.2) is 9.37 Å². The Morgan fingerprint density at radius 3 is 2.54 bits per heavy atom. The standard InChI is InChI=1S/C22H25FN4O/c1-17-7-8-21-24-19(13-22(28)27(21)14-17)16-26-10-4-9-25(11-12-26)15-18-5-2-3-6-20(18)23/h2-3,5-8,13-14H,4,9-12,15-16H2,1H3. The van der Waals surface area contributed by atoms with Crippen LogP contribution in [0.5, 0.6) is 0 Å². The maximum absolute atomic E-state index is 13.9. The molecule has 0 radical (unpaired) electrons. The SMILES string of the molecule is Cc1ccc2nc(CN3CCCN(Cc4ccccc4F)CC3)cc(=O)n2c1. The molecule has 0 aliphatic carbocycles. The van der Waals surface area contributed by atoms with E-state index in [4.69, 9.17) is 0 Å². The average Bonchev–Trinajstić information content (AvgIpc) is 2.89. The van der Waals surface area contributed by atoms with Gasteiger partial charge in [0.05, 0.1) is 5.69 Å². The van der Waals surface area contributed by atoms with Crippen molar-refractivity contribution in [3.05, 3.63) is 81.7 Å². The molecule has 5 nitrogen and oxygen atoms in total. The zero-order valence-corrected chi connectivity index (χ0v) is 16.1. The molecule has 0 saturated carbocycles. The lowest BCUT2D eigenvalue weighted by atomic mass is 10.2. The van der Waals surface area contributed by atoms with Gasteiger partial charge in [-0.15, -0.1) is 0 Å². The lowest BCUT2D eigenvalue weighted by molar-refractivity contribution is 0.244. The molecule has 1 saturated heterocycles. The first-order chi connectivity index (χ1) is 13.6. The van der Waals surface area contributed by atoms with Crippen molar-refractivity contribution in [2.75, 3.05) is 26.2 Å². The van der Waals surface area contributed by atoms with Crippen molar-refractivity contribution >= 4 is 5.65 Å². The second kappa shape index (κ2) is 8.20. The van der Waals surface area contributed by atoms with Crippen molar-refractivity contribution in [2.24, 2.45) is 0 Å². The summed E-state index contributed by atoms with van der Waals surface area (Å²) in [6, 6.07) is 12.5. The van der Waals surface area contributed by atoms with Crippen LogP contribution in [0.1, 0.15) is 23.2 Å². The number of aryl methyl sites for hydroxylation is 1. The summed E-state index contributed by atoms with van der Waals surface area (Å²) in [7, 11) is 0. The molecule has 0 unspecified atom stereocenters. The molecule has 1 aliphatic rings. The van der Waals surface area contributed by atoms with Crippen LogP contribution in [-0.4, -0.2) is 45.4 Å². The first-order valence-electron chi connectivity index (χ1n) is 9.75. The smallest absolute Gasteiger partial charge is 0.258 e. The summed E-state index contributed by atoms with van der Waals surface area (Å²) in [6.07, 6.45) is 2.83. The van der Waals surface area contributed by atoms with Gasteiger partial charge in [0.1, 0.15) is 11.5 Å². The first-order valence-corrected chi connectivity index (χ1v) is 9.75. The van der Waals surface area contributed by atoms with E-state index in [0.29, 0.717) is 18.7 Å². The molecule has 2 aromatic heterocycles. The molecule has 0 spiro atoms. The van der Waals surface area contributed by atoms with Crippen molar-refractivity contribution in [1.82, 2.24) is 19.2 Å². The van der Waals surface area contributed by atoms with Gasteiger partial charge >= 0.3 is 0 Å². The minimum atomic E-state index is -0.139. The van der Waals surface area contributed by atoms with Crippen LogP contribution in [0.2, 0.25) is 0 Å². The van der Waals surface area contributed by atoms with E-state index >= 15 is 0 Å². The van der Waals surface area contributed by atoms with Gasteiger partial charge in [-0.1, -0.05) is 24.3 Å². The Labute approximate surface area is 164 Å². The number of pyridine rings is 1. The van der Waals surface area contributed by atoms with E-state index in [-0.39, 0.29) is 11.4 Å². The van der Waals surface area contributed by atoms with Crippen LogP contribution in [0.25, 0.3) is 5.65 Å². The van der Waals surface area contributed by atoms with Crippen molar-refractivity contribution in [3.63, 3.8) is 0 Å². The Kier molecular flexibility index (Phi) is 5.50. The largest absolute Gasteiger partial charge is 0.298 e. The highest BCUT2D eigenvalue weighted by Crippen LogP contribution is 2.13.